The van der Waals surface area contributed by atoms with Gasteiger partial charge in [-0.1, -0.05) is 23.2 Å². The Kier molecular flexibility index (Phi) is 4.24. The molecule has 0 aromatic heterocycles. The van der Waals surface area contributed by atoms with E-state index < -0.39 is 0 Å². The number of rotatable bonds is 2. The van der Waals surface area contributed by atoms with Gasteiger partial charge in [-0.25, -0.2) is 0 Å². The molecule has 0 saturated carbocycles. The third kappa shape index (κ3) is 2.90. The Morgan fingerprint density at radius 2 is 2.06 bits per heavy atom. The van der Waals surface area contributed by atoms with Crippen molar-refractivity contribution >= 4 is 44.8 Å². The first-order valence-corrected chi connectivity index (χ1v) is 7.14. The number of halogens is 3. The molecular formula is C12H15BrCl2N2. The van der Waals surface area contributed by atoms with Gasteiger partial charge in [-0.05, 0) is 48.5 Å². The molecule has 1 aliphatic heterocycles. The Bertz CT molecular complexity index is 415. The van der Waals surface area contributed by atoms with Crippen LogP contribution in [0.15, 0.2) is 16.6 Å². The van der Waals surface area contributed by atoms with Crippen LogP contribution in [0.4, 0.5) is 5.69 Å². The highest BCUT2D eigenvalue weighted by Crippen LogP contribution is 2.36. The SMILES string of the molecule is CC1CC(Nc2ccc(Br)c(Cl)c2Cl)CN1C. The van der Waals surface area contributed by atoms with Crippen molar-refractivity contribution in [3.63, 3.8) is 0 Å². The van der Waals surface area contributed by atoms with E-state index in [9.17, 15) is 0 Å². The zero-order valence-electron chi connectivity index (χ0n) is 9.80. The third-order valence-corrected chi connectivity index (χ3v) is 5.05. The summed E-state index contributed by atoms with van der Waals surface area (Å²) in [7, 11) is 2.14. The Morgan fingerprint density at radius 1 is 1.35 bits per heavy atom. The van der Waals surface area contributed by atoms with Crippen molar-refractivity contribution in [1.29, 1.82) is 0 Å². The van der Waals surface area contributed by atoms with Gasteiger partial charge in [0.05, 0.1) is 15.7 Å². The van der Waals surface area contributed by atoms with Crippen LogP contribution < -0.4 is 5.32 Å². The smallest absolute Gasteiger partial charge is 0.0835 e. The monoisotopic (exact) mass is 336 g/mol. The predicted molar refractivity (Wildman–Crippen MR) is 78.3 cm³/mol. The normalized spacial score (nSPS) is 25.2. The van der Waals surface area contributed by atoms with Crippen LogP contribution in [0.5, 0.6) is 0 Å². The average Bonchev–Trinajstić information content (AvgIpc) is 2.59. The first kappa shape index (κ1) is 13.5. The first-order valence-electron chi connectivity index (χ1n) is 5.59. The van der Waals surface area contributed by atoms with Crippen molar-refractivity contribution in [2.75, 3.05) is 18.9 Å². The summed E-state index contributed by atoms with van der Waals surface area (Å²) < 4.78 is 0.826. The molecule has 94 valence electrons. The molecule has 1 saturated heterocycles. The molecule has 1 aromatic carbocycles. The van der Waals surface area contributed by atoms with Gasteiger partial charge in [0.25, 0.3) is 0 Å². The lowest BCUT2D eigenvalue weighted by atomic mass is 10.2. The van der Waals surface area contributed by atoms with Crippen molar-refractivity contribution in [1.82, 2.24) is 4.90 Å². The van der Waals surface area contributed by atoms with Crippen molar-refractivity contribution < 1.29 is 0 Å². The minimum atomic E-state index is 0.435. The molecule has 2 nitrogen and oxygen atoms in total. The van der Waals surface area contributed by atoms with Gasteiger partial charge in [0.1, 0.15) is 0 Å². The lowest BCUT2D eigenvalue weighted by molar-refractivity contribution is 0.330. The molecule has 1 N–H and O–H groups in total. The van der Waals surface area contributed by atoms with E-state index >= 15 is 0 Å². The van der Waals surface area contributed by atoms with E-state index in [0.29, 0.717) is 22.1 Å². The van der Waals surface area contributed by atoms with Crippen molar-refractivity contribution in [2.45, 2.75) is 25.4 Å². The van der Waals surface area contributed by atoms with Gasteiger partial charge in [-0.2, -0.15) is 0 Å². The van der Waals surface area contributed by atoms with E-state index in [1.165, 1.54) is 0 Å². The van der Waals surface area contributed by atoms with Crippen molar-refractivity contribution in [2.24, 2.45) is 0 Å². The van der Waals surface area contributed by atoms with Crippen LogP contribution in [0, 0.1) is 0 Å². The van der Waals surface area contributed by atoms with Crippen LogP contribution in [0.3, 0.4) is 0 Å². The Labute approximate surface area is 120 Å². The maximum atomic E-state index is 6.21. The van der Waals surface area contributed by atoms with E-state index in [-0.39, 0.29) is 0 Å². The van der Waals surface area contributed by atoms with E-state index in [1.54, 1.807) is 0 Å². The van der Waals surface area contributed by atoms with E-state index in [2.05, 4.69) is 40.1 Å². The minimum absolute atomic E-state index is 0.435. The highest BCUT2D eigenvalue weighted by Gasteiger charge is 2.26. The molecule has 0 spiro atoms. The summed E-state index contributed by atoms with van der Waals surface area (Å²) in [5.41, 5.74) is 0.910. The third-order valence-electron chi connectivity index (χ3n) is 3.28. The zero-order valence-corrected chi connectivity index (χ0v) is 12.9. The summed E-state index contributed by atoms with van der Waals surface area (Å²) in [4.78, 5) is 2.34. The van der Waals surface area contributed by atoms with Crippen LogP contribution in [0.25, 0.3) is 0 Å². The van der Waals surface area contributed by atoms with Gasteiger partial charge in [0, 0.05) is 23.1 Å². The molecule has 0 amide bonds. The second-order valence-electron chi connectivity index (χ2n) is 4.59. The van der Waals surface area contributed by atoms with Crippen LogP contribution in [-0.2, 0) is 0 Å². The van der Waals surface area contributed by atoms with E-state index in [1.807, 2.05) is 12.1 Å². The molecule has 0 aliphatic carbocycles. The van der Waals surface area contributed by atoms with Crippen LogP contribution >= 0.6 is 39.1 Å². The van der Waals surface area contributed by atoms with Gasteiger partial charge in [0.2, 0.25) is 0 Å². The first-order chi connectivity index (χ1) is 7.99. The van der Waals surface area contributed by atoms with Gasteiger partial charge in [0.15, 0.2) is 0 Å². The van der Waals surface area contributed by atoms with Crippen LogP contribution in [0.2, 0.25) is 10.0 Å². The standard InChI is InChI=1S/C12H15BrCl2N2/c1-7-5-8(6-17(7)2)16-10-4-3-9(13)11(14)12(10)15/h3-4,7-8,16H,5-6H2,1-2H3. The molecule has 0 bridgehead atoms. The number of hydrogen-bond acceptors (Lipinski definition) is 2. The summed E-state index contributed by atoms with van der Waals surface area (Å²) in [6.45, 7) is 3.27. The molecule has 17 heavy (non-hydrogen) atoms. The second kappa shape index (κ2) is 5.35. The topological polar surface area (TPSA) is 15.3 Å². The number of anilines is 1. The molecule has 2 atom stereocenters. The number of nitrogens with zero attached hydrogens (tertiary/aromatic N) is 1. The van der Waals surface area contributed by atoms with Crippen LogP contribution in [0.1, 0.15) is 13.3 Å². The minimum Gasteiger partial charge on any atom is -0.380 e. The van der Waals surface area contributed by atoms with Gasteiger partial charge in [-0.3, -0.25) is 0 Å². The van der Waals surface area contributed by atoms with E-state index in [0.717, 1.165) is 23.1 Å². The molecule has 1 heterocycles. The highest BCUT2D eigenvalue weighted by atomic mass is 79.9. The fraction of sp³-hybridized carbons (Fsp3) is 0.500. The van der Waals surface area contributed by atoms with Gasteiger partial charge in [-0.15, -0.1) is 0 Å². The van der Waals surface area contributed by atoms with Crippen LogP contribution in [-0.4, -0.2) is 30.6 Å². The summed E-state index contributed by atoms with van der Waals surface area (Å²) in [5.74, 6) is 0. The van der Waals surface area contributed by atoms with Crippen molar-refractivity contribution in [3.8, 4) is 0 Å². The highest BCUT2D eigenvalue weighted by molar-refractivity contribution is 9.10. The zero-order chi connectivity index (χ0) is 12.6. The molecule has 5 heteroatoms. The maximum Gasteiger partial charge on any atom is 0.0835 e. The molecule has 0 radical (unpaired) electrons. The maximum absolute atomic E-state index is 6.21. The summed E-state index contributed by atoms with van der Waals surface area (Å²) >= 11 is 15.7. The largest absolute Gasteiger partial charge is 0.380 e. The molecule has 1 aliphatic rings. The predicted octanol–water partition coefficient (Wildman–Crippen LogP) is 4.26. The van der Waals surface area contributed by atoms with Gasteiger partial charge >= 0.3 is 0 Å². The molecule has 2 unspecified atom stereocenters. The summed E-state index contributed by atoms with van der Waals surface area (Å²) in [6, 6.07) is 4.92. The second-order valence-corrected chi connectivity index (χ2v) is 6.20. The summed E-state index contributed by atoms with van der Waals surface area (Å²) in [6.07, 6.45) is 1.13. The van der Waals surface area contributed by atoms with E-state index in [4.69, 9.17) is 23.2 Å². The Hall–Kier alpha value is 0.0400. The van der Waals surface area contributed by atoms with Crippen molar-refractivity contribution in [3.05, 3.63) is 26.7 Å². The quantitative estimate of drug-likeness (QED) is 0.811. The lowest BCUT2D eigenvalue weighted by Crippen LogP contribution is -2.25. The molecular weight excluding hydrogens is 323 g/mol. The Balaban J connectivity index is 2.12. The number of hydrogen-bond donors (Lipinski definition) is 1. The number of likely N-dealkylation sites (tertiary alicyclic amines) is 1. The summed E-state index contributed by atoms with van der Waals surface area (Å²) in [5, 5.41) is 4.61. The molecule has 1 fully saturated rings. The fourth-order valence-corrected chi connectivity index (χ4v) is 2.98. The average molecular weight is 338 g/mol. The molecule has 1 aromatic rings. The number of likely N-dealkylation sites (N-methyl/N-ethyl adjacent to an activating group) is 1. The fourth-order valence-electron chi connectivity index (χ4n) is 2.16. The lowest BCUT2D eigenvalue weighted by Gasteiger charge is -2.16. The van der Waals surface area contributed by atoms with Gasteiger partial charge < -0.3 is 10.2 Å². The number of benzene rings is 1. The Morgan fingerprint density at radius 3 is 2.65 bits per heavy atom. The molecule has 2 rings (SSSR count). The number of nitrogens with one attached hydrogen (secondary N) is 1.